The van der Waals surface area contributed by atoms with Crippen molar-refractivity contribution in [1.29, 1.82) is 0 Å². The summed E-state index contributed by atoms with van der Waals surface area (Å²) < 4.78 is 3.82. The minimum atomic E-state index is 0.452. The molecule has 1 saturated heterocycles. The van der Waals surface area contributed by atoms with Crippen LogP contribution in [0.25, 0.3) is 10.2 Å². The van der Waals surface area contributed by atoms with Crippen molar-refractivity contribution in [3.8, 4) is 0 Å². The SMILES string of the molecule is [B]C1CC2CN(Sc3ccc4nc(C)sc4c3)C[C@H]2C1. The number of rotatable bonds is 2. The van der Waals surface area contributed by atoms with Gasteiger partial charge in [0.25, 0.3) is 0 Å². The quantitative estimate of drug-likeness (QED) is 0.618. The number of hydrogen-bond acceptors (Lipinski definition) is 4. The van der Waals surface area contributed by atoms with Gasteiger partial charge in [0, 0.05) is 18.0 Å². The van der Waals surface area contributed by atoms with Crippen LogP contribution >= 0.6 is 23.3 Å². The molecular formula is C15H17BN2S2. The molecule has 3 atom stereocenters. The average molecular weight is 300 g/mol. The third-order valence-corrected chi connectivity index (χ3v) is 6.41. The van der Waals surface area contributed by atoms with E-state index < -0.39 is 0 Å². The molecule has 4 rings (SSSR count). The highest BCUT2D eigenvalue weighted by Gasteiger charge is 2.39. The molecule has 102 valence electrons. The van der Waals surface area contributed by atoms with Crippen molar-refractivity contribution < 1.29 is 0 Å². The van der Waals surface area contributed by atoms with Gasteiger partial charge in [-0.25, -0.2) is 9.29 Å². The molecule has 2 aliphatic rings. The molecule has 1 aromatic heterocycles. The fraction of sp³-hybridized carbons (Fsp3) is 0.533. The van der Waals surface area contributed by atoms with Gasteiger partial charge in [0.15, 0.2) is 0 Å². The monoisotopic (exact) mass is 300 g/mol. The Labute approximate surface area is 129 Å². The first-order chi connectivity index (χ1) is 9.67. The van der Waals surface area contributed by atoms with Crippen LogP contribution in [0.15, 0.2) is 23.1 Å². The molecule has 2 unspecified atom stereocenters. The molecule has 0 spiro atoms. The van der Waals surface area contributed by atoms with Gasteiger partial charge in [-0.2, -0.15) is 0 Å². The Bertz CT molecular complexity index is 628. The summed E-state index contributed by atoms with van der Waals surface area (Å²) in [5.74, 6) is 2.10. The van der Waals surface area contributed by atoms with Crippen molar-refractivity contribution in [2.45, 2.75) is 30.5 Å². The predicted molar refractivity (Wildman–Crippen MR) is 87.5 cm³/mol. The number of benzene rings is 1. The molecule has 2 heterocycles. The summed E-state index contributed by atoms with van der Waals surface area (Å²) in [7, 11) is 6.06. The van der Waals surface area contributed by atoms with Crippen LogP contribution in [0.2, 0.25) is 5.82 Å². The molecule has 2 radical (unpaired) electrons. The molecule has 1 saturated carbocycles. The third kappa shape index (κ3) is 2.40. The van der Waals surface area contributed by atoms with Gasteiger partial charge in [-0.3, -0.25) is 0 Å². The summed E-state index contributed by atoms with van der Waals surface area (Å²) >= 11 is 3.69. The van der Waals surface area contributed by atoms with Gasteiger partial charge in [-0.1, -0.05) is 18.7 Å². The Morgan fingerprint density at radius 1 is 1.30 bits per heavy atom. The summed E-state index contributed by atoms with van der Waals surface area (Å²) in [6.07, 6.45) is 2.43. The Hall–Kier alpha value is -0.515. The highest BCUT2D eigenvalue weighted by molar-refractivity contribution is 7.97. The molecule has 5 heteroatoms. The van der Waals surface area contributed by atoms with E-state index in [0.29, 0.717) is 5.82 Å². The van der Waals surface area contributed by atoms with Gasteiger partial charge in [0.1, 0.15) is 0 Å². The molecule has 2 fully saturated rings. The highest BCUT2D eigenvalue weighted by atomic mass is 32.2. The van der Waals surface area contributed by atoms with Crippen LogP contribution in [0.5, 0.6) is 0 Å². The van der Waals surface area contributed by atoms with Gasteiger partial charge in [-0.05, 0) is 48.9 Å². The maximum absolute atomic E-state index is 6.06. The second kappa shape index (κ2) is 5.04. The van der Waals surface area contributed by atoms with Gasteiger partial charge < -0.3 is 0 Å². The fourth-order valence-corrected chi connectivity index (χ4v) is 5.67. The maximum atomic E-state index is 6.06. The van der Waals surface area contributed by atoms with Crippen molar-refractivity contribution in [3.63, 3.8) is 0 Å². The van der Waals surface area contributed by atoms with Crippen molar-refractivity contribution in [2.24, 2.45) is 11.8 Å². The molecule has 20 heavy (non-hydrogen) atoms. The van der Waals surface area contributed by atoms with Crippen molar-refractivity contribution in [2.75, 3.05) is 13.1 Å². The number of aromatic nitrogens is 1. The first-order valence-corrected chi connectivity index (χ1v) is 8.82. The van der Waals surface area contributed by atoms with Crippen LogP contribution in [-0.4, -0.2) is 30.2 Å². The molecule has 2 aromatic rings. The van der Waals surface area contributed by atoms with E-state index in [4.69, 9.17) is 7.85 Å². The van der Waals surface area contributed by atoms with Crippen molar-refractivity contribution in [1.82, 2.24) is 9.29 Å². The second-order valence-electron chi connectivity index (χ2n) is 6.05. The molecule has 2 nitrogen and oxygen atoms in total. The molecule has 0 N–H and O–H groups in total. The van der Waals surface area contributed by atoms with Gasteiger partial charge >= 0.3 is 0 Å². The smallest absolute Gasteiger partial charge is 0.0907 e. The highest BCUT2D eigenvalue weighted by Crippen LogP contribution is 2.45. The van der Waals surface area contributed by atoms with E-state index in [1.165, 1.54) is 35.5 Å². The predicted octanol–water partition coefficient (Wildman–Crippen LogP) is 3.91. The number of aryl methyl sites for hydroxylation is 1. The van der Waals surface area contributed by atoms with Crippen LogP contribution in [0.4, 0.5) is 0 Å². The Kier molecular flexibility index (Phi) is 3.32. The molecule has 0 amide bonds. The molecule has 1 aromatic carbocycles. The zero-order valence-electron chi connectivity index (χ0n) is 11.6. The fourth-order valence-electron chi connectivity index (χ4n) is 3.60. The van der Waals surface area contributed by atoms with E-state index in [0.717, 1.165) is 22.4 Å². The molecule has 0 bridgehead atoms. The summed E-state index contributed by atoms with van der Waals surface area (Å²) in [5, 5.41) is 1.15. The Morgan fingerprint density at radius 2 is 2.05 bits per heavy atom. The summed E-state index contributed by atoms with van der Waals surface area (Å²) in [5.41, 5.74) is 1.13. The van der Waals surface area contributed by atoms with Crippen LogP contribution in [0, 0.1) is 18.8 Å². The second-order valence-corrected chi connectivity index (χ2v) is 8.46. The lowest BCUT2D eigenvalue weighted by atomic mass is 9.85. The number of fused-ring (bicyclic) bond motifs is 2. The van der Waals surface area contributed by atoms with Crippen LogP contribution in [-0.2, 0) is 0 Å². The topological polar surface area (TPSA) is 16.1 Å². The van der Waals surface area contributed by atoms with E-state index in [-0.39, 0.29) is 0 Å². The van der Waals surface area contributed by atoms with Gasteiger partial charge in [-0.15, -0.1) is 11.3 Å². The Morgan fingerprint density at radius 3 is 2.80 bits per heavy atom. The normalized spacial score (nSPS) is 30.1. The Balaban J connectivity index is 1.48. The minimum absolute atomic E-state index is 0.452. The third-order valence-electron chi connectivity index (χ3n) is 4.46. The maximum Gasteiger partial charge on any atom is 0.0907 e. The lowest BCUT2D eigenvalue weighted by Crippen LogP contribution is -2.13. The van der Waals surface area contributed by atoms with Crippen LogP contribution in [0.3, 0.4) is 0 Å². The zero-order chi connectivity index (χ0) is 13.7. The van der Waals surface area contributed by atoms with E-state index in [2.05, 4.69) is 34.4 Å². The standard InChI is InChI=1S/C15H17BN2S2/c1-9-17-14-3-2-13(6-15(14)19-9)20-18-7-10-4-12(16)5-11(10)8-18/h2-3,6,10-12H,4-5,7-8H2,1H3/t10-,11?,12?/m1/s1. The molecule has 1 aliphatic carbocycles. The van der Waals surface area contributed by atoms with E-state index in [1.807, 2.05) is 11.9 Å². The van der Waals surface area contributed by atoms with E-state index in [1.54, 1.807) is 11.3 Å². The largest absolute Gasteiger partial charge is 0.246 e. The lowest BCUT2D eigenvalue weighted by Gasteiger charge is -2.16. The first-order valence-electron chi connectivity index (χ1n) is 7.23. The summed E-state index contributed by atoms with van der Waals surface area (Å²) in [6, 6.07) is 6.63. The van der Waals surface area contributed by atoms with Crippen LogP contribution < -0.4 is 0 Å². The number of nitrogens with zero attached hydrogens (tertiary/aromatic N) is 2. The lowest BCUT2D eigenvalue weighted by molar-refractivity contribution is 0.494. The summed E-state index contributed by atoms with van der Waals surface area (Å²) in [6.45, 7) is 4.47. The van der Waals surface area contributed by atoms with E-state index in [9.17, 15) is 0 Å². The van der Waals surface area contributed by atoms with Crippen molar-refractivity contribution in [3.05, 3.63) is 23.2 Å². The number of hydrogen-bond donors (Lipinski definition) is 0. The minimum Gasteiger partial charge on any atom is -0.246 e. The summed E-state index contributed by atoms with van der Waals surface area (Å²) in [4.78, 5) is 5.86. The average Bonchev–Trinajstić information content (AvgIpc) is 3.00. The molecule has 1 aliphatic heterocycles. The zero-order valence-corrected chi connectivity index (χ0v) is 13.2. The van der Waals surface area contributed by atoms with E-state index >= 15 is 0 Å². The first kappa shape index (κ1) is 13.2. The van der Waals surface area contributed by atoms with Crippen molar-refractivity contribution >= 4 is 41.3 Å². The van der Waals surface area contributed by atoms with Gasteiger partial charge in [0.05, 0.1) is 23.1 Å². The number of thiazole rings is 1. The molecular weight excluding hydrogens is 283 g/mol. The van der Waals surface area contributed by atoms with Gasteiger partial charge in [0.2, 0.25) is 0 Å². The van der Waals surface area contributed by atoms with Crippen LogP contribution in [0.1, 0.15) is 17.8 Å².